The lowest BCUT2D eigenvalue weighted by molar-refractivity contribution is -0.117. The number of rotatable bonds is 10. The van der Waals surface area contributed by atoms with Crippen LogP contribution in [-0.2, 0) is 4.79 Å². The number of amides is 1. The molecule has 59 heavy (non-hydrogen) atoms. The molecule has 9 nitrogen and oxygen atoms in total. The number of nitrogen functional groups attached to an aromatic ring is 1. The molecule has 7 aromatic rings. The second-order valence-electron chi connectivity index (χ2n) is 15.1. The monoisotopic (exact) mass is 774 g/mol. The number of carbonyl (C=O) groups is 1. The van der Waals surface area contributed by atoms with Gasteiger partial charge in [0.15, 0.2) is 0 Å². The minimum atomic E-state index is -0.597. The zero-order valence-corrected chi connectivity index (χ0v) is 32.6. The zero-order valence-electron chi connectivity index (χ0n) is 32.6. The fourth-order valence-electron chi connectivity index (χ4n) is 8.14. The SMILES string of the molecule is NCCCC[C@H](N)C(=O)Nc1ccc(C2c3ccc([nH]3)C(c3ccccc3)=C3C=CC(=N3)C(c3ccc(N)cc3)=c3ccc([nH]3)=C(c3ccccc3)c3ccc2[nH]3)cc1. The van der Waals surface area contributed by atoms with Crippen molar-refractivity contribution in [1.82, 2.24) is 15.0 Å². The minimum Gasteiger partial charge on any atom is -0.399 e. The highest BCUT2D eigenvalue weighted by Crippen LogP contribution is 2.37. The molecule has 2 aliphatic heterocycles. The maximum atomic E-state index is 13.0. The number of nitrogens with two attached hydrogens (primary N) is 3. The van der Waals surface area contributed by atoms with Crippen molar-refractivity contribution in [1.29, 1.82) is 0 Å². The van der Waals surface area contributed by atoms with Gasteiger partial charge in [-0.15, -0.1) is 0 Å². The summed E-state index contributed by atoms with van der Waals surface area (Å²) < 4.78 is 0. The van der Waals surface area contributed by atoms with Crippen molar-refractivity contribution in [2.45, 2.75) is 31.2 Å². The Morgan fingerprint density at radius 3 is 1.86 bits per heavy atom. The van der Waals surface area contributed by atoms with Crippen molar-refractivity contribution >= 4 is 39.7 Å². The number of aromatic amines is 3. The molecule has 3 aromatic heterocycles. The minimum absolute atomic E-state index is 0.203. The second kappa shape index (κ2) is 16.3. The lowest BCUT2D eigenvalue weighted by Crippen LogP contribution is -2.35. The summed E-state index contributed by atoms with van der Waals surface area (Å²) >= 11 is 0. The van der Waals surface area contributed by atoms with Gasteiger partial charge in [0.25, 0.3) is 0 Å². The van der Waals surface area contributed by atoms with Crippen LogP contribution < -0.4 is 33.2 Å². The van der Waals surface area contributed by atoms with E-state index >= 15 is 0 Å². The van der Waals surface area contributed by atoms with Crippen molar-refractivity contribution in [3.63, 3.8) is 0 Å². The first-order valence-corrected chi connectivity index (χ1v) is 20.1. The molecule has 9 rings (SSSR count). The number of anilines is 2. The topological polar surface area (TPSA) is 167 Å². The molecule has 0 saturated carbocycles. The van der Waals surface area contributed by atoms with Crippen LogP contribution in [0.2, 0.25) is 0 Å². The fraction of sp³-hybridized carbons (Fsp3) is 0.120. The van der Waals surface area contributed by atoms with Crippen molar-refractivity contribution < 1.29 is 4.79 Å². The first-order valence-electron chi connectivity index (χ1n) is 20.1. The van der Waals surface area contributed by atoms with Crippen molar-refractivity contribution in [3.8, 4) is 0 Å². The van der Waals surface area contributed by atoms with E-state index in [9.17, 15) is 4.79 Å². The molecular weight excluding hydrogens is 729 g/mol. The number of hydrogen-bond donors (Lipinski definition) is 7. The Balaban J connectivity index is 1.25. The van der Waals surface area contributed by atoms with E-state index in [-0.39, 0.29) is 11.8 Å². The number of carbonyl (C=O) groups excluding carboxylic acids is 1. The van der Waals surface area contributed by atoms with Gasteiger partial charge in [0.1, 0.15) is 0 Å². The van der Waals surface area contributed by atoms with E-state index in [1.165, 1.54) is 0 Å². The van der Waals surface area contributed by atoms with Crippen LogP contribution in [0, 0.1) is 0 Å². The van der Waals surface area contributed by atoms with Crippen LogP contribution in [0.15, 0.2) is 168 Å². The molecule has 0 radical (unpaired) electrons. The quantitative estimate of drug-likeness (QED) is 0.0585. The van der Waals surface area contributed by atoms with Crippen molar-refractivity contribution in [3.05, 3.63) is 219 Å². The Morgan fingerprint density at radius 2 is 1.22 bits per heavy atom. The van der Waals surface area contributed by atoms with Crippen molar-refractivity contribution in [2.75, 3.05) is 17.6 Å². The van der Waals surface area contributed by atoms with Gasteiger partial charge in [-0.2, -0.15) is 0 Å². The number of allylic oxidation sites excluding steroid dienone is 2. The first kappa shape index (κ1) is 37.4. The van der Waals surface area contributed by atoms with E-state index in [1.54, 1.807) is 0 Å². The molecule has 8 bridgehead atoms. The van der Waals surface area contributed by atoms with E-state index in [0.29, 0.717) is 24.3 Å². The van der Waals surface area contributed by atoms with Crippen molar-refractivity contribution in [2.24, 2.45) is 16.5 Å². The summed E-state index contributed by atoms with van der Waals surface area (Å²) in [5.41, 5.74) is 32.2. The van der Waals surface area contributed by atoms with E-state index < -0.39 is 6.04 Å². The molecule has 2 aliphatic rings. The van der Waals surface area contributed by atoms with Gasteiger partial charge in [0.2, 0.25) is 5.91 Å². The molecule has 0 aliphatic carbocycles. The third-order valence-corrected chi connectivity index (χ3v) is 11.1. The molecule has 1 unspecified atom stereocenters. The molecular formula is C50H46N8O. The number of hydrogen-bond acceptors (Lipinski definition) is 5. The van der Waals surface area contributed by atoms with Gasteiger partial charge in [0, 0.05) is 61.6 Å². The first-order chi connectivity index (χ1) is 28.9. The number of unbranched alkanes of at least 4 members (excludes halogenated alkanes) is 1. The summed E-state index contributed by atoms with van der Waals surface area (Å²) in [7, 11) is 0. The van der Waals surface area contributed by atoms with Crippen LogP contribution in [-0.4, -0.2) is 39.2 Å². The molecule has 10 N–H and O–H groups in total. The largest absolute Gasteiger partial charge is 0.399 e. The Labute approximate surface area is 342 Å². The maximum absolute atomic E-state index is 13.0. The average molecular weight is 775 g/mol. The molecule has 4 aromatic carbocycles. The summed E-state index contributed by atoms with van der Waals surface area (Å²) in [6.45, 7) is 0.585. The Bertz CT molecular complexity index is 2840. The standard InChI is InChI=1S/C50H46N8O/c51-30-8-7-13-37(53)50(59)54-36-20-16-34(17-21-36)49-44-28-24-40(57-44)46(31-9-3-1-4-10-31)38-22-26-42(55-38)48(33-14-18-35(52)19-15-33)43-27-23-39(56-43)47(32-11-5-2-6-12-32)41-25-29-45(49)58-41/h1-6,9-12,14-29,37,49,55,57-58H,7-8,13,30,51-53H2,(H,54,59)/t37-,49?/m0/s1. The third kappa shape index (κ3) is 7.64. The summed E-state index contributed by atoms with van der Waals surface area (Å²) in [4.78, 5) is 29.8. The number of fused-ring (bicyclic) bond motifs is 7. The lowest BCUT2D eigenvalue weighted by Gasteiger charge is -2.18. The smallest absolute Gasteiger partial charge is 0.241 e. The fourth-order valence-corrected chi connectivity index (χ4v) is 8.14. The highest BCUT2D eigenvalue weighted by molar-refractivity contribution is 6.30. The summed E-state index contributed by atoms with van der Waals surface area (Å²) in [5.74, 6) is -0.416. The molecule has 9 heteroatoms. The lowest BCUT2D eigenvalue weighted by atomic mass is 9.92. The van der Waals surface area contributed by atoms with E-state index in [0.717, 1.165) is 96.7 Å². The van der Waals surface area contributed by atoms with E-state index in [1.807, 2.05) is 36.4 Å². The molecule has 2 atom stereocenters. The molecule has 5 heterocycles. The second-order valence-corrected chi connectivity index (χ2v) is 15.1. The number of nitrogens with zero attached hydrogens (tertiary/aromatic N) is 1. The molecule has 292 valence electrons. The summed E-state index contributed by atoms with van der Waals surface area (Å²) in [5, 5.41) is 4.91. The predicted octanol–water partition coefficient (Wildman–Crippen LogP) is 7.06. The van der Waals surface area contributed by atoms with Gasteiger partial charge in [-0.3, -0.25) is 4.79 Å². The van der Waals surface area contributed by atoms with Crippen LogP contribution in [0.1, 0.15) is 70.2 Å². The average Bonchev–Trinajstić information content (AvgIpc) is 4.11. The highest BCUT2D eigenvalue weighted by Gasteiger charge is 2.25. The van der Waals surface area contributed by atoms with Gasteiger partial charge in [-0.1, -0.05) is 91.3 Å². The number of aliphatic imine (C=N–C) groups is 1. The van der Waals surface area contributed by atoms with Crippen LogP contribution in [0.4, 0.5) is 11.4 Å². The van der Waals surface area contributed by atoms with Crippen LogP contribution in [0.5, 0.6) is 0 Å². The highest BCUT2D eigenvalue weighted by atomic mass is 16.2. The predicted molar refractivity (Wildman–Crippen MR) is 239 cm³/mol. The number of aromatic nitrogens is 3. The Morgan fingerprint density at radius 1 is 0.627 bits per heavy atom. The number of nitrogens with one attached hydrogen (secondary N) is 4. The molecule has 0 saturated heterocycles. The van der Waals surface area contributed by atoms with Crippen LogP contribution in [0.25, 0.3) is 16.7 Å². The molecule has 1 amide bonds. The Hall–Kier alpha value is -7.20. The van der Waals surface area contributed by atoms with Gasteiger partial charge < -0.3 is 37.5 Å². The summed E-state index contributed by atoms with van der Waals surface area (Å²) in [6.07, 6.45) is 6.44. The normalized spacial score (nSPS) is 15.4. The van der Waals surface area contributed by atoms with Gasteiger partial charge >= 0.3 is 0 Å². The number of benzene rings is 4. The molecule has 0 spiro atoms. The van der Waals surface area contributed by atoms with E-state index in [4.69, 9.17) is 22.2 Å². The summed E-state index contributed by atoms with van der Waals surface area (Å²) in [6, 6.07) is 49.1. The maximum Gasteiger partial charge on any atom is 0.241 e. The zero-order chi connectivity index (χ0) is 40.3. The number of H-pyrrole nitrogens is 3. The third-order valence-electron chi connectivity index (χ3n) is 11.1. The van der Waals surface area contributed by atoms with Crippen LogP contribution >= 0.6 is 0 Å². The van der Waals surface area contributed by atoms with E-state index in [2.05, 4.69) is 142 Å². The van der Waals surface area contributed by atoms with Gasteiger partial charge in [-0.25, -0.2) is 4.99 Å². The van der Waals surface area contributed by atoms with Gasteiger partial charge in [-0.05, 0) is 114 Å². The van der Waals surface area contributed by atoms with Crippen LogP contribution in [0.3, 0.4) is 0 Å². The Kier molecular flexibility index (Phi) is 10.4. The molecule has 0 fully saturated rings. The van der Waals surface area contributed by atoms with Gasteiger partial charge in [0.05, 0.1) is 23.4 Å².